The average Bonchev–Trinajstić information content (AvgIpc) is 2.46. The van der Waals surface area contributed by atoms with Crippen molar-refractivity contribution in [3.05, 3.63) is 35.2 Å². The Hall–Kier alpha value is -1.60. The highest BCUT2D eigenvalue weighted by Gasteiger charge is 2.53. The number of alkyl halides is 3. The van der Waals surface area contributed by atoms with Crippen LogP contribution in [0.15, 0.2) is 18.2 Å². The third-order valence-electron chi connectivity index (χ3n) is 3.51. The summed E-state index contributed by atoms with van der Waals surface area (Å²) in [5.41, 5.74) is -2.80. The van der Waals surface area contributed by atoms with E-state index >= 15 is 0 Å². The maximum Gasteiger partial charge on any atom is 0.419 e. The van der Waals surface area contributed by atoms with Crippen LogP contribution in [-0.2, 0) is 0 Å². The number of hydrogen-bond donors (Lipinski definition) is 2. The number of allylic oxidation sites excluding steroid dienone is 1. The number of aliphatic hydroxyl groups excluding tert-OH is 1. The van der Waals surface area contributed by atoms with Crippen molar-refractivity contribution in [3.8, 4) is 5.75 Å². The van der Waals surface area contributed by atoms with E-state index in [1.165, 1.54) is 33.1 Å². The molecule has 0 saturated heterocycles. The predicted molar refractivity (Wildman–Crippen MR) is 74.0 cm³/mol. The van der Waals surface area contributed by atoms with Gasteiger partial charge in [0, 0.05) is 17.5 Å². The van der Waals surface area contributed by atoms with Crippen molar-refractivity contribution < 1.29 is 32.5 Å². The summed E-state index contributed by atoms with van der Waals surface area (Å²) in [6, 6.07) is 2.40. The van der Waals surface area contributed by atoms with E-state index in [4.69, 9.17) is 9.84 Å². The molecule has 1 aromatic rings. The molecular formula is C15H18F4O3. The normalized spacial score (nSPS) is 15.6. The van der Waals surface area contributed by atoms with E-state index in [0.717, 1.165) is 6.07 Å². The zero-order chi connectivity index (χ0) is 17.1. The molecule has 0 aliphatic carbocycles. The SMILES string of the molecule is CC=C(CC(O)(CO)C(F)(F)F)c1ccc(F)c(C)c1OC. The van der Waals surface area contributed by atoms with E-state index in [2.05, 4.69) is 0 Å². The molecule has 0 aliphatic rings. The van der Waals surface area contributed by atoms with E-state index in [0.29, 0.717) is 0 Å². The lowest BCUT2D eigenvalue weighted by molar-refractivity contribution is -0.268. The van der Waals surface area contributed by atoms with Gasteiger partial charge in [0.2, 0.25) is 0 Å². The molecule has 7 heteroatoms. The van der Waals surface area contributed by atoms with Gasteiger partial charge in [-0.1, -0.05) is 6.08 Å². The molecule has 124 valence electrons. The van der Waals surface area contributed by atoms with Crippen LogP contribution >= 0.6 is 0 Å². The Morgan fingerprint density at radius 1 is 1.32 bits per heavy atom. The van der Waals surface area contributed by atoms with Gasteiger partial charge in [-0.15, -0.1) is 0 Å². The fourth-order valence-corrected chi connectivity index (χ4v) is 2.10. The van der Waals surface area contributed by atoms with Gasteiger partial charge >= 0.3 is 6.18 Å². The number of hydrogen-bond acceptors (Lipinski definition) is 3. The first-order chi connectivity index (χ1) is 10.1. The molecule has 0 saturated carbocycles. The lowest BCUT2D eigenvalue weighted by Crippen LogP contribution is -2.48. The summed E-state index contributed by atoms with van der Waals surface area (Å²) in [5, 5.41) is 18.6. The minimum atomic E-state index is -5.00. The highest BCUT2D eigenvalue weighted by Crippen LogP contribution is 2.40. The van der Waals surface area contributed by atoms with Crippen molar-refractivity contribution in [3.63, 3.8) is 0 Å². The highest BCUT2D eigenvalue weighted by molar-refractivity contribution is 5.72. The number of aliphatic hydroxyl groups is 2. The van der Waals surface area contributed by atoms with Crippen LogP contribution in [0.5, 0.6) is 5.75 Å². The molecule has 0 bridgehead atoms. The first-order valence-electron chi connectivity index (χ1n) is 6.50. The van der Waals surface area contributed by atoms with Gasteiger partial charge in [-0.05, 0) is 31.6 Å². The third-order valence-corrected chi connectivity index (χ3v) is 3.51. The molecule has 0 heterocycles. The van der Waals surface area contributed by atoms with Gasteiger partial charge in [-0.3, -0.25) is 0 Å². The molecule has 0 fully saturated rings. The molecule has 0 aliphatic heterocycles. The molecular weight excluding hydrogens is 304 g/mol. The first kappa shape index (κ1) is 18.4. The van der Waals surface area contributed by atoms with Crippen molar-refractivity contribution in [1.82, 2.24) is 0 Å². The second-order valence-electron chi connectivity index (χ2n) is 4.93. The predicted octanol–water partition coefficient (Wildman–Crippen LogP) is 3.22. The number of rotatable bonds is 5. The van der Waals surface area contributed by atoms with Crippen molar-refractivity contribution in [2.45, 2.75) is 32.0 Å². The van der Waals surface area contributed by atoms with Crippen molar-refractivity contribution >= 4 is 5.57 Å². The van der Waals surface area contributed by atoms with Crippen LogP contribution < -0.4 is 4.74 Å². The quantitative estimate of drug-likeness (QED) is 0.819. The van der Waals surface area contributed by atoms with Crippen LogP contribution in [-0.4, -0.2) is 35.7 Å². The van der Waals surface area contributed by atoms with Gasteiger partial charge in [-0.2, -0.15) is 13.2 Å². The van der Waals surface area contributed by atoms with Gasteiger partial charge in [0.25, 0.3) is 0 Å². The minimum Gasteiger partial charge on any atom is -0.496 e. The summed E-state index contributed by atoms with van der Waals surface area (Å²) in [6.07, 6.45) is -4.51. The largest absolute Gasteiger partial charge is 0.496 e. The average molecular weight is 322 g/mol. The Balaban J connectivity index is 3.33. The highest BCUT2D eigenvalue weighted by atomic mass is 19.4. The Bertz CT molecular complexity index is 567. The number of methoxy groups -OCH3 is 1. The topological polar surface area (TPSA) is 49.7 Å². The zero-order valence-corrected chi connectivity index (χ0v) is 12.5. The van der Waals surface area contributed by atoms with Crippen LogP contribution in [0.3, 0.4) is 0 Å². The fourth-order valence-electron chi connectivity index (χ4n) is 2.10. The molecule has 0 amide bonds. The molecule has 1 atom stereocenters. The second-order valence-corrected chi connectivity index (χ2v) is 4.93. The fraction of sp³-hybridized carbons (Fsp3) is 0.467. The smallest absolute Gasteiger partial charge is 0.419 e. The summed E-state index contributed by atoms with van der Waals surface area (Å²) in [5.74, 6) is -0.458. The monoisotopic (exact) mass is 322 g/mol. The molecule has 22 heavy (non-hydrogen) atoms. The molecule has 2 N–H and O–H groups in total. The lowest BCUT2D eigenvalue weighted by atomic mass is 9.89. The summed E-state index contributed by atoms with van der Waals surface area (Å²) in [7, 11) is 1.28. The van der Waals surface area contributed by atoms with Crippen molar-refractivity contribution in [1.29, 1.82) is 0 Å². The Morgan fingerprint density at radius 3 is 2.32 bits per heavy atom. The molecule has 1 rings (SSSR count). The molecule has 1 unspecified atom stereocenters. The molecule has 3 nitrogen and oxygen atoms in total. The third kappa shape index (κ3) is 3.41. The number of halogens is 4. The first-order valence-corrected chi connectivity index (χ1v) is 6.50. The number of ether oxygens (including phenoxy) is 1. The maximum atomic E-state index is 13.5. The summed E-state index contributed by atoms with van der Waals surface area (Å²) in [6.45, 7) is 1.45. The molecule has 0 aromatic heterocycles. The van der Waals surface area contributed by atoms with Crippen LogP contribution in [0.1, 0.15) is 24.5 Å². The minimum absolute atomic E-state index is 0.0915. The summed E-state index contributed by atoms with van der Waals surface area (Å²) >= 11 is 0. The number of benzene rings is 1. The van der Waals surface area contributed by atoms with Gasteiger partial charge in [0.05, 0.1) is 13.7 Å². The van der Waals surface area contributed by atoms with Crippen molar-refractivity contribution in [2.75, 3.05) is 13.7 Å². The van der Waals surface area contributed by atoms with Gasteiger partial charge in [-0.25, -0.2) is 4.39 Å². The molecule has 1 aromatic carbocycles. The summed E-state index contributed by atoms with van der Waals surface area (Å²) < 4.78 is 57.3. The van der Waals surface area contributed by atoms with Crippen LogP contribution in [0, 0.1) is 12.7 Å². The van der Waals surface area contributed by atoms with Gasteiger partial charge < -0.3 is 14.9 Å². The van der Waals surface area contributed by atoms with Crippen LogP contribution in [0.25, 0.3) is 5.57 Å². The van der Waals surface area contributed by atoms with E-state index < -0.39 is 30.6 Å². The van der Waals surface area contributed by atoms with Crippen LogP contribution in [0.2, 0.25) is 0 Å². The van der Waals surface area contributed by atoms with E-state index in [-0.39, 0.29) is 22.4 Å². The van der Waals surface area contributed by atoms with E-state index in [9.17, 15) is 22.7 Å². The Morgan fingerprint density at radius 2 is 1.91 bits per heavy atom. The van der Waals surface area contributed by atoms with Gasteiger partial charge in [0.15, 0.2) is 5.60 Å². The Kier molecular flexibility index (Phi) is 5.59. The van der Waals surface area contributed by atoms with E-state index in [1.807, 2.05) is 0 Å². The molecule has 0 radical (unpaired) electrons. The Labute approximate surface area is 125 Å². The summed E-state index contributed by atoms with van der Waals surface area (Å²) in [4.78, 5) is 0. The maximum absolute atomic E-state index is 13.5. The standard InChI is InChI=1S/C15H18F4O3/c1-4-10(7-14(21,8-20)15(17,18)19)11-5-6-12(16)9(2)13(11)22-3/h4-6,20-21H,7-8H2,1-3H3. The van der Waals surface area contributed by atoms with E-state index in [1.54, 1.807) is 0 Å². The van der Waals surface area contributed by atoms with Crippen molar-refractivity contribution in [2.24, 2.45) is 0 Å². The second kappa shape index (κ2) is 6.66. The lowest BCUT2D eigenvalue weighted by Gasteiger charge is -2.30. The van der Waals surface area contributed by atoms with Crippen LogP contribution in [0.4, 0.5) is 17.6 Å². The van der Waals surface area contributed by atoms with Gasteiger partial charge in [0.1, 0.15) is 11.6 Å². The zero-order valence-electron chi connectivity index (χ0n) is 12.5. The molecule has 0 spiro atoms.